The van der Waals surface area contributed by atoms with E-state index in [9.17, 15) is 19.8 Å². The van der Waals surface area contributed by atoms with Crippen molar-refractivity contribution in [3.8, 4) is 0 Å². The van der Waals surface area contributed by atoms with E-state index >= 15 is 0 Å². The van der Waals surface area contributed by atoms with Crippen LogP contribution < -0.4 is 0 Å². The van der Waals surface area contributed by atoms with E-state index in [4.69, 9.17) is 0 Å². The number of Topliss-reactive ketones (excluding diaryl/α,β-unsaturated/α-hetero) is 2. The lowest BCUT2D eigenvalue weighted by Gasteiger charge is -2.47. The van der Waals surface area contributed by atoms with Crippen molar-refractivity contribution in [2.24, 2.45) is 5.41 Å². The van der Waals surface area contributed by atoms with E-state index in [2.05, 4.69) is 32.6 Å². The quantitative estimate of drug-likeness (QED) is 0.0365. The minimum absolute atomic E-state index is 0.0765. The molecule has 0 bridgehead atoms. The van der Waals surface area contributed by atoms with Gasteiger partial charge in [-0.2, -0.15) is 0 Å². The molecule has 0 aromatic heterocycles. The Bertz CT molecular complexity index is 861. The van der Waals surface area contributed by atoms with Crippen LogP contribution in [0, 0.1) is 5.41 Å². The van der Waals surface area contributed by atoms with Crippen LogP contribution in [0.5, 0.6) is 0 Å². The molecule has 1 saturated carbocycles. The number of ketones is 2. The number of hydrogen-bond donors (Lipinski definition) is 2. The Kier molecular flexibility index (Phi) is 35.2. The first kappa shape index (κ1) is 54.2. The van der Waals surface area contributed by atoms with Gasteiger partial charge in [0.05, 0.1) is 32.8 Å². The smallest absolute Gasteiger partial charge is 0.207 e. The SMILES string of the molecule is CCCCCCCCCCCCCCCCCC[N+](CCCCCCCCCCCCCCCCCC)(CCCN(CCO)CCO)C1C(=O)CC(C)(C)CC1=O. The number of hydrogen-bond acceptors (Lipinski definition) is 5. The summed E-state index contributed by atoms with van der Waals surface area (Å²) in [6, 6.07) is -0.519. The molecule has 1 rings (SSSR count). The van der Waals surface area contributed by atoms with Crippen LogP contribution in [0.15, 0.2) is 0 Å². The second-order valence-corrected chi connectivity index (χ2v) is 19.5. The van der Waals surface area contributed by atoms with Crippen LogP contribution >= 0.6 is 0 Å². The molecular weight excluding hydrogens is 705 g/mol. The third-order valence-electron chi connectivity index (χ3n) is 13.3. The van der Waals surface area contributed by atoms with Gasteiger partial charge in [-0.3, -0.25) is 14.5 Å². The molecule has 0 aliphatic heterocycles. The van der Waals surface area contributed by atoms with Gasteiger partial charge in [0, 0.05) is 38.9 Å². The summed E-state index contributed by atoms with van der Waals surface area (Å²) in [7, 11) is 0. The van der Waals surface area contributed by atoms with Gasteiger partial charge in [-0.25, -0.2) is 0 Å². The largest absolute Gasteiger partial charge is 0.395 e. The minimum atomic E-state index is -0.519. The Hall–Kier alpha value is -0.820. The van der Waals surface area contributed by atoms with Crippen LogP contribution in [0.3, 0.4) is 0 Å². The second kappa shape index (κ2) is 37.0. The van der Waals surface area contributed by atoms with Crippen molar-refractivity contribution in [1.82, 2.24) is 4.90 Å². The van der Waals surface area contributed by atoms with Crippen LogP contribution in [-0.4, -0.2) is 89.7 Å². The zero-order chi connectivity index (χ0) is 41.7. The summed E-state index contributed by atoms with van der Waals surface area (Å²) in [4.78, 5) is 30.1. The Balaban J connectivity index is 2.67. The molecule has 0 heterocycles. The fourth-order valence-electron chi connectivity index (χ4n) is 9.89. The maximum absolute atomic E-state index is 14.0. The summed E-state index contributed by atoms with van der Waals surface area (Å²) in [6.07, 6.45) is 44.8. The lowest BCUT2D eigenvalue weighted by atomic mass is 9.73. The number of unbranched alkanes of at least 4 members (excludes halogenated alkanes) is 30. The molecule has 1 aliphatic rings. The number of carbonyl (C=O) groups excluding carboxylic acids is 2. The Morgan fingerprint density at radius 3 is 0.982 bits per heavy atom. The van der Waals surface area contributed by atoms with E-state index in [1.165, 1.54) is 193 Å². The molecule has 57 heavy (non-hydrogen) atoms. The molecule has 6 heteroatoms. The van der Waals surface area contributed by atoms with E-state index in [-0.39, 0.29) is 30.2 Å². The summed E-state index contributed by atoms with van der Waals surface area (Å²) < 4.78 is 0.636. The van der Waals surface area contributed by atoms with Gasteiger partial charge in [0.15, 0.2) is 11.6 Å². The van der Waals surface area contributed by atoms with E-state index in [0.29, 0.717) is 30.4 Å². The fourth-order valence-corrected chi connectivity index (χ4v) is 9.89. The van der Waals surface area contributed by atoms with Gasteiger partial charge in [-0.1, -0.05) is 207 Å². The fraction of sp³-hybridized carbons (Fsp3) is 0.961. The summed E-state index contributed by atoms with van der Waals surface area (Å²) >= 11 is 0. The zero-order valence-electron chi connectivity index (χ0n) is 39.1. The highest BCUT2D eigenvalue weighted by Gasteiger charge is 2.51. The summed E-state index contributed by atoms with van der Waals surface area (Å²) in [6.45, 7) is 13.4. The van der Waals surface area contributed by atoms with E-state index in [1.54, 1.807) is 0 Å². The standard InChI is InChI=1S/C51H101N2O4/c1-5-7-9-11-13-15-17-19-21-23-25-27-29-31-33-35-41-53(43-37-38-52(39-44-54)40-45-55,50-48(56)46-51(3,4)47-49(50)57)42-36-34-32-30-28-26-24-22-20-18-16-14-12-10-8-6-2/h50,54-55H,5-47H2,1-4H3/q+1. The molecule has 1 fully saturated rings. The van der Waals surface area contributed by atoms with E-state index < -0.39 is 6.04 Å². The van der Waals surface area contributed by atoms with Gasteiger partial charge in [-0.15, -0.1) is 0 Å². The van der Waals surface area contributed by atoms with Gasteiger partial charge in [0.1, 0.15) is 0 Å². The van der Waals surface area contributed by atoms with Gasteiger partial charge in [0.25, 0.3) is 0 Å². The Labute approximate surface area is 356 Å². The molecule has 0 spiro atoms. The zero-order valence-corrected chi connectivity index (χ0v) is 39.1. The molecule has 338 valence electrons. The molecule has 0 radical (unpaired) electrons. The van der Waals surface area contributed by atoms with Crippen molar-refractivity contribution in [2.75, 3.05) is 52.5 Å². The molecule has 0 saturated heterocycles. The third kappa shape index (κ3) is 28.4. The van der Waals surface area contributed by atoms with Crippen LogP contribution in [0.4, 0.5) is 0 Å². The van der Waals surface area contributed by atoms with Crippen molar-refractivity contribution >= 4 is 11.6 Å². The topological polar surface area (TPSA) is 77.8 Å². The molecule has 0 amide bonds. The first-order valence-electron chi connectivity index (χ1n) is 25.6. The summed E-state index contributed by atoms with van der Waals surface area (Å²) in [5.74, 6) is 0.346. The molecule has 6 nitrogen and oxygen atoms in total. The van der Waals surface area contributed by atoms with Gasteiger partial charge in [0.2, 0.25) is 6.04 Å². The molecule has 2 N–H and O–H groups in total. The average Bonchev–Trinajstić information content (AvgIpc) is 3.17. The number of quaternary nitrogens is 1. The highest BCUT2D eigenvalue weighted by atomic mass is 16.3. The van der Waals surface area contributed by atoms with E-state index in [1.807, 2.05) is 0 Å². The second-order valence-electron chi connectivity index (χ2n) is 19.5. The van der Waals surface area contributed by atoms with Crippen molar-refractivity contribution in [3.05, 3.63) is 0 Å². The van der Waals surface area contributed by atoms with Crippen LogP contribution in [-0.2, 0) is 9.59 Å². The van der Waals surface area contributed by atoms with Gasteiger partial charge >= 0.3 is 0 Å². The molecule has 0 aromatic carbocycles. The van der Waals surface area contributed by atoms with Crippen molar-refractivity contribution in [2.45, 2.75) is 258 Å². The maximum Gasteiger partial charge on any atom is 0.207 e. The Morgan fingerprint density at radius 1 is 0.439 bits per heavy atom. The average molecular weight is 806 g/mol. The molecule has 0 atom stereocenters. The van der Waals surface area contributed by atoms with Crippen molar-refractivity contribution in [1.29, 1.82) is 0 Å². The number of nitrogens with zero attached hydrogens (tertiary/aromatic N) is 2. The van der Waals surface area contributed by atoms with Crippen LogP contribution in [0.1, 0.15) is 252 Å². The third-order valence-corrected chi connectivity index (χ3v) is 13.3. The van der Waals surface area contributed by atoms with E-state index in [0.717, 1.165) is 45.4 Å². The normalized spacial score (nSPS) is 15.1. The van der Waals surface area contributed by atoms with Crippen molar-refractivity contribution < 1.29 is 24.3 Å². The summed E-state index contributed by atoms with van der Waals surface area (Å²) in [5.41, 5.74) is -0.248. The number of aliphatic hydroxyl groups excluding tert-OH is 2. The van der Waals surface area contributed by atoms with Crippen molar-refractivity contribution in [3.63, 3.8) is 0 Å². The maximum atomic E-state index is 14.0. The monoisotopic (exact) mass is 806 g/mol. The lowest BCUT2D eigenvalue weighted by molar-refractivity contribution is -0.935. The number of rotatable bonds is 43. The lowest BCUT2D eigenvalue weighted by Crippen LogP contribution is -2.65. The van der Waals surface area contributed by atoms with Gasteiger partial charge < -0.3 is 14.7 Å². The number of carbonyl (C=O) groups is 2. The highest BCUT2D eigenvalue weighted by molar-refractivity contribution is 6.07. The summed E-state index contributed by atoms with van der Waals surface area (Å²) in [5, 5.41) is 19.3. The van der Waals surface area contributed by atoms with Crippen LogP contribution in [0.2, 0.25) is 0 Å². The first-order chi connectivity index (χ1) is 27.7. The molecule has 0 aromatic rings. The highest BCUT2D eigenvalue weighted by Crippen LogP contribution is 2.36. The number of aliphatic hydroxyl groups is 2. The molecule has 0 unspecified atom stereocenters. The predicted molar refractivity (Wildman–Crippen MR) is 246 cm³/mol. The minimum Gasteiger partial charge on any atom is -0.395 e. The molecular formula is C51H101N2O4+. The van der Waals surface area contributed by atoms with Crippen LogP contribution in [0.25, 0.3) is 0 Å². The predicted octanol–water partition coefficient (Wildman–Crippen LogP) is 13.3. The van der Waals surface area contributed by atoms with Gasteiger partial charge in [-0.05, 0) is 31.1 Å². The Morgan fingerprint density at radius 2 is 0.702 bits per heavy atom. The first-order valence-corrected chi connectivity index (χ1v) is 25.6. The molecule has 1 aliphatic carbocycles.